The van der Waals surface area contributed by atoms with Gasteiger partial charge in [0.1, 0.15) is 0 Å². The van der Waals surface area contributed by atoms with Crippen LogP contribution in [0.4, 0.5) is 13.2 Å². The van der Waals surface area contributed by atoms with Crippen LogP contribution in [0.15, 0.2) is 40.3 Å². The number of amides is 1. The van der Waals surface area contributed by atoms with Crippen LogP contribution in [-0.4, -0.2) is 21.6 Å². The monoisotopic (exact) mass is 371 g/mol. The van der Waals surface area contributed by atoms with Crippen molar-refractivity contribution in [2.45, 2.75) is 31.2 Å². The molecule has 0 aliphatic rings. The summed E-state index contributed by atoms with van der Waals surface area (Å²) in [5.41, 5.74) is -0.195. The van der Waals surface area contributed by atoms with Gasteiger partial charge in [0.15, 0.2) is 5.16 Å². The van der Waals surface area contributed by atoms with Gasteiger partial charge in [0.25, 0.3) is 5.56 Å². The molecule has 2 N–H and O–H groups in total. The SMILES string of the molecule is CCSc1nc(CC(=O)NCc2ccc(C(F)(F)F)cc2)cc(=O)[nH]1. The van der Waals surface area contributed by atoms with Gasteiger partial charge in [0, 0.05) is 12.6 Å². The van der Waals surface area contributed by atoms with E-state index in [1.807, 2.05) is 6.92 Å². The van der Waals surface area contributed by atoms with Gasteiger partial charge in [-0.3, -0.25) is 9.59 Å². The van der Waals surface area contributed by atoms with Crippen LogP contribution in [0.1, 0.15) is 23.7 Å². The van der Waals surface area contributed by atoms with Gasteiger partial charge < -0.3 is 10.3 Å². The Labute approximate surface area is 146 Å². The zero-order valence-electron chi connectivity index (χ0n) is 13.3. The van der Waals surface area contributed by atoms with Gasteiger partial charge in [-0.2, -0.15) is 13.2 Å². The summed E-state index contributed by atoms with van der Waals surface area (Å²) in [6, 6.07) is 5.80. The summed E-state index contributed by atoms with van der Waals surface area (Å²) in [5, 5.41) is 3.04. The van der Waals surface area contributed by atoms with E-state index in [0.29, 0.717) is 16.4 Å². The van der Waals surface area contributed by atoms with Crippen LogP contribution in [0.3, 0.4) is 0 Å². The number of nitrogens with one attached hydrogen (secondary N) is 2. The van der Waals surface area contributed by atoms with Crippen molar-refractivity contribution < 1.29 is 18.0 Å². The van der Waals surface area contributed by atoms with Crippen molar-refractivity contribution >= 4 is 17.7 Å². The molecule has 2 aromatic rings. The molecular weight excluding hydrogens is 355 g/mol. The van der Waals surface area contributed by atoms with E-state index in [4.69, 9.17) is 0 Å². The summed E-state index contributed by atoms with van der Waals surface area (Å²) >= 11 is 1.35. The van der Waals surface area contributed by atoms with E-state index in [1.165, 1.54) is 30.0 Å². The first-order chi connectivity index (χ1) is 11.8. The zero-order chi connectivity index (χ0) is 18.4. The maximum Gasteiger partial charge on any atom is 0.416 e. The van der Waals surface area contributed by atoms with Gasteiger partial charge in [-0.15, -0.1) is 0 Å². The molecule has 0 atom stereocenters. The standard InChI is InChI=1S/C16H16F3N3O2S/c1-2-25-15-21-12(8-14(24)22-15)7-13(23)20-9-10-3-5-11(6-4-10)16(17,18)19/h3-6,8H,2,7,9H2,1H3,(H,20,23)(H,21,22,24). The molecule has 5 nitrogen and oxygen atoms in total. The highest BCUT2D eigenvalue weighted by molar-refractivity contribution is 7.99. The number of halogens is 3. The lowest BCUT2D eigenvalue weighted by molar-refractivity contribution is -0.137. The molecule has 2 rings (SSSR count). The number of hydrogen-bond acceptors (Lipinski definition) is 4. The molecule has 134 valence electrons. The summed E-state index contributed by atoms with van der Waals surface area (Å²) in [7, 11) is 0. The van der Waals surface area contributed by atoms with Crippen molar-refractivity contribution in [2.24, 2.45) is 0 Å². The molecule has 0 unspecified atom stereocenters. The average Bonchev–Trinajstić information content (AvgIpc) is 2.52. The van der Waals surface area contributed by atoms with Crippen molar-refractivity contribution in [2.75, 3.05) is 5.75 Å². The predicted octanol–water partition coefficient (Wildman–Crippen LogP) is 2.76. The number of rotatable bonds is 6. The molecule has 0 radical (unpaired) electrons. The number of carbonyl (C=O) groups is 1. The number of H-pyrrole nitrogens is 1. The van der Waals surface area contributed by atoms with E-state index in [0.717, 1.165) is 17.9 Å². The molecule has 0 fully saturated rings. The van der Waals surface area contributed by atoms with E-state index in [2.05, 4.69) is 15.3 Å². The van der Waals surface area contributed by atoms with E-state index in [1.54, 1.807) is 0 Å². The van der Waals surface area contributed by atoms with Crippen LogP contribution in [0.5, 0.6) is 0 Å². The predicted molar refractivity (Wildman–Crippen MR) is 88.3 cm³/mol. The van der Waals surface area contributed by atoms with Gasteiger partial charge in [-0.25, -0.2) is 4.98 Å². The average molecular weight is 371 g/mol. The van der Waals surface area contributed by atoms with Gasteiger partial charge in [-0.05, 0) is 23.4 Å². The van der Waals surface area contributed by atoms with Crippen molar-refractivity contribution in [1.82, 2.24) is 15.3 Å². The number of thioether (sulfide) groups is 1. The Kier molecular flexibility index (Phi) is 6.24. The second-order valence-corrected chi connectivity index (χ2v) is 6.38. The Morgan fingerprint density at radius 3 is 2.56 bits per heavy atom. The van der Waals surface area contributed by atoms with E-state index < -0.39 is 11.7 Å². The van der Waals surface area contributed by atoms with Crippen LogP contribution in [0.25, 0.3) is 0 Å². The molecule has 0 bridgehead atoms. The summed E-state index contributed by atoms with van der Waals surface area (Å²) in [6.07, 6.45) is -4.47. The number of aromatic nitrogens is 2. The van der Waals surface area contributed by atoms with Crippen molar-refractivity contribution in [1.29, 1.82) is 0 Å². The van der Waals surface area contributed by atoms with Gasteiger partial charge in [-0.1, -0.05) is 30.8 Å². The number of alkyl halides is 3. The molecular formula is C16H16F3N3O2S. The zero-order valence-corrected chi connectivity index (χ0v) is 14.1. The maximum absolute atomic E-state index is 12.5. The Bertz CT molecular complexity index is 788. The fourth-order valence-corrected chi connectivity index (χ4v) is 2.65. The third kappa shape index (κ3) is 5.93. The lowest BCUT2D eigenvalue weighted by Gasteiger charge is -2.09. The Morgan fingerprint density at radius 1 is 1.28 bits per heavy atom. The summed E-state index contributed by atoms with van der Waals surface area (Å²) in [6.45, 7) is 2.00. The highest BCUT2D eigenvalue weighted by atomic mass is 32.2. The number of benzene rings is 1. The fourth-order valence-electron chi connectivity index (χ4n) is 2.02. The molecule has 1 amide bonds. The van der Waals surface area contributed by atoms with Crippen LogP contribution in [0, 0.1) is 0 Å². The van der Waals surface area contributed by atoms with Crippen molar-refractivity contribution in [3.05, 3.63) is 57.5 Å². The van der Waals surface area contributed by atoms with E-state index in [9.17, 15) is 22.8 Å². The van der Waals surface area contributed by atoms with Crippen LogP contribution in [0.2, 0.25) is 0 Å². The number of carbonyl (C=O) groups excluding carboxylic acids is 1. The quantitative estimate of drug-likeness (QED) is 0.605. The smallest absolute Gasteiger partial charge is 0.352 e. The minimum atomic E-state index is -4.39. The number of nitrogens with zero attached hydrogens (tertiary/aromatic N) is 1. The normalized spacial score (nSPS) is 11.4. The minimum absolute atomic E-state index is 0.0815. The second-order valence-electron chi connectivity index (χ2n) is 5.12. The fraction of sp³-hybridized carbons (Fsp3) is 0.312. The van der Waals surface area contributed by atoms with E-state index >= 15 is 0 Å². The molecule has 0 spiro atoms. The topological polar surface area (TPSA) is 74.8 Å². The highest BCUT2D eigenvalue weighted by Gasteiger charge is 2.29. The first-order valence-corrected chi connectivity index (χ1v) is 8.42. The van der Waals surface area contributed by atoms with E-state index in [-0.39, 0.29) is 24.4 Å². The maximum atomic E-state index is 12.5. The molecule has 0 aliphatic carbocycles. The molecule has 0 saturated carbocycles. The first-order valence-electron chi connectivity index (χ1n) is 7.44. The Morgan fingerprint density at radius 2 is 1.96 bits per heavy atom. The molecule has 25 heavy (non-hydrogen) atoms. The number of hydrogen-bond donors (Lipinski definition) is 2. The minimum Gasteiger partial charge on any atom is -0.352 e. The van der Waals surface area contributed by atoms with Gasteiger partial charge in [0.2, 0.25) is 5.91 Å². The number of aromatic amines is 1. The molecule has 1 aromatic carbocycles. The molecule has 1 aromatic heterocycles. The van der Waals surface area contributed by atoms with Gasteiger partial charge in [0.05, 0.1) is 17.7 Å². The van der Waals surface area contributed by atoms with Gasteiger partial charge >= 0.3 is 6.18 Å². The summed E-state index contributed by atoms with van der Waals surface area (Å²) < 4.78 is 37.5. The molecule has 0 aliphatic heterocycles. The Hall–Kier alpha value is -2.29. The third-order valence-corrected chi connectivity index (χ3v) is 3.92. The van der Waals surface area contributed by atoms with Crippen LogP contribution < -0.4 is 10.9 Å². The Balaban J connectivity index is 1.94. The van der Waals surface area contributed by atoms with Crippen molar-refractivity contribution in [3.63, 3.8) is 0 Å². The largest absolute Gasteiger partial charge is 0.416 e. The second kappa shape index (κ2) is 8.19. The molecule has 9 heteroatoms. The van der Waals surface area contributed by atoms with Crippen molar-refractivity contribution in [3.8, 4) is 0 Å². The lowest BCUT2D eigenvalue weighted by Crippen LogP contribution is -2.26. The third-order valence-electron chi connectivity index (χ3n) is 3.17. The highest BCUT2D eigenvalue weighted by Crippen LogP contribution is 2.29. The summed E-state index contributed by atoms with van der Waals surface area (Å²) in [5.74, 6) is 0.359. The molecule has 1 heterocycles. The lowest BCUT2D eigenvalue weighted by atomic mass is 10.1. The summed E-state index contributed by atoms with van der Waals surface area (Å²) in [4.78, 5) is 30.2. The molecule has 0 saturated heterocycles. The first kappa shape index (κ1) is 19.0. The van der Waals surface area contributed by atoms with Crippen LogP contribution >= 0.6 is 11.8 Å². The van der Waals surface area contributed by atoms with Crippen LogP contribution in [-0.2, 0) is 23.9 Å².